The summed E-state index contributed by atoms with van der Waals surface area (Å²) in [4.78, 5) is 11.6. The largest absolute Gasteiger partial charge is 0.497 e. The molecular formula is C14H17NO2. The zero-order valence-corrected chi connectivity index (χ0v) is 10.0. The molecule has 1 aliphatic heterocycles. The SMILES string of the molecule is COc1cccc(C23CCC(C2)C(=O)NC3)c1. The summed E-state index contributed by atoms with van der Waals surface area (Å²) in [5, 5.41) is 3.04. The van der Waals surface area contributed by atoms with E-state index in [1.807, 2.05) is 12.1 Å². The second kappa shape index (κ2) is 3.76. The average molecular weight is 231 g/mol. The fraction of sp³-hybridized carbons (Fsp3) is 0.500. The molecule has 3 nitrogen and oxygen atoms in total. The summed E-state index contributed by atoms with van der Waals surface area (Å²) in [6, 6.07) is 8.27. The van der Waals surface area contributed by atoms with E-state index in [4.69, 9.17) is 4.74 Å². The minimum absolute atomic E-state index is 0.146. The zero-order valence-electron chi connectivity index (χ0n) is 10.0. The third-order valence-corrected chi connectivity index (χ3v) is 4.26. The Morgan fingerprint density at radius 3 is 3.18 bits per heavy atom. The summed E-state index contributed by atoms with van der Waals surface area (Å²) in [6.07, 6.45) is 3.11. The Bertz CT molecular complexity index is 457. The molecule has 1 amide bonds. The van der Waals surface area contributed by atoms with Crippen LogP contribution in [0.2, 0.25) is 0 Å². The molecule has 3 rings (SSSR count). The first-order valence-electron chi connectivity index (χ1n) is 6.16. The van der Waals surface area contributed by atoms with Crippen LogP contribution in [0.4, 0.5) is 0 Å². The summed E-state index contributed by atoms with van der Waals surface area (Å²) in [6.45, 7) is 0.773. The van der Waals surface area contributed by atoms with Gasteiger partial charge in [0.25, 0.3) is 0 Å². The lowest BCUT2D eigenvalue weighted by Gasteiger charge is -2.34. The van der Waals surface area contributed by atoms with Crippen LogP contribution >= 0.6 is 0 Å². The molecule has 2 aliphatic rings. The molecule has 2 atom stereocenters. The fourth-order valence-corrected chi connectivity index (χ4v) is 3.23. The van der Waals surface area contributed by atoms with Gasteiger partial charge in [-0.2, -0.15) is 0 Å². The van der Waals surface area contributed by atoms with Crippen LogP contribution in [-0.4, -0.2) is 19.6 Å². The summed E-state index contributed by atoms with van der Waals surface area (Å²) in [5.74, 6) is 1.35. The number of rotatable bonds is 2. The molecule has 1 saturated carbocycles. The molecule has 2 bridgehead atoms. The van der Waals surface area contributed by atoms with Crippen molar-refractivity contribution in [1.29, 1.82) is 0 Å². The van der Waals surface area contributed by atoms with Gasteiger partial charge < -0.3 is 10.1 Å². The van der Waals surface area contributed by atoms with E-state index in [0.29, 0.717) is 0 Å². The predicted molar refractivity (Wildman–Crippen MR) is 65.0 cm³/mol. The highest BCUT2D eigenvalue weighted by Crippen LogP contribution is 2.46. The van der Waals surface area contributed by atoms with Gasteiger partial charge in [-0.25, -0.2) is 0 Å². The van der Waals surface area contributed by atoms with E-state index in [1.54, 1.807) is 7.11 Å². The number of nitrogens with one attached hydrogen (secondary N) is 1. The molecule has 2 fully saturated rings. The quantitative estimate of drug-likeness (QED) is 0.843. The molecule has 1 aromatic rings. The molecule has 1 heterocycles. The maximum atomic E-state index is 11.6. The number of hydrogen-bond acceptors (Lipinski definition) is 2. The number of benzene rings is 1. The van der Waals surface area contributed by atoms with Crippen LogP contribution in [0.15, 0.2) is 24.3 Å². The van der Waals surface area contributed by atoms with Crippen LogP contribution in [0.5, 0.6) is 5.75 Å². The number of amides is 1. The standard InChI is InChI=1S/C14H17NO2/c1-17-12-4-2-3-11(7-12)14-6-5-10(8-14)13(16)15-9-14/h2-4,7,10H,5-6,8-9H2,1H3,(H,15,16). The summed E-state index contributed by atoms with van der Waals surface area (Å²) in [7, 11) is 1.69. The number of hydrogen-bond donors (Lipinski definition) is 1. The van der Waals surface area contributed by atoms with Crippen LogP contribution in [0, 0.1) is 5.92 Å². The molecule has 0 radical (unpaired) electrons. The zero-order chi connectivity index (χ0) is 11.9. The number of fused-ring (bicyclic) bond motifs is 2. The Morgan fingerprint density at radius 1 is 1.47 bits per heavy atom. The summed E-state index contributed by atoms with van der Waals surface area (Å²) in [5.41, 5.74) is 1.45. The summed E-state index contributed by atoms with van der Waals surface area (Å²) < 4.78 is 5.28. The Kier molecular flexibility index (Phi) is 2.35. The number of methoxy groups -OCH3 is 1. The molecule has 3 heteroatoms. The Labute approximate surface area is 101 Å². The number of carbonyl (C=O) groups is 1. The monoisotopic (exact) mass is 231 g/mol. The average Bonchev–Trinajstić information content (AvgIpc) is 2.76. The van der Waals surface area contributed by atoms with Gasteiger partial charge in [0.2, 0.25) is 5.91 Å². The van der Waals surface area contributed by atoms with Gasteiger partial charge in [0, 0.05) is 17.9 Å². The van der Waals surface area contributed by atoms with Gasteiger partial charge in [0.05, 0.1) is 7.11 Å². The van der Waals surface area contributed by atoms with Crippen molar-refractivity contribution >= 4 is 5.91 Å². The van der Waals surface area contributed by atoms with Crippen molar-refractivity contribution in [2.24, 2.45) is 5.92 Å². The van der Waals surface area contributed by atoms with Gasteiger partial charge in [-0.1, -0.05) is 12.1 Å². The first-order chi connectivity index (χ1) is 8.23. The molecule has 1 aromatic carbocycles. The second-order valence-corrected chi connectivity index (χ2v) is 5.17. The number of ether oxygens (including phenoxy) is 1. The van der Waals surface area contributed by atoms with Crippen molar-refractivity contribution < 1.29 is 9.53 Å². The van der Waals surface area contributed by atoms with Crippen LogP contribution < -0.4 is 10.1 Å². The lowest BCUT2D eigenvalue weighted by atomic mass is 9.76. The van der Waals surface area contributed by atoms with E-state index in [0.717, 1.165) is 31.6 Å². The van der Waals surface area contributed by atoms with Crippen LogP contribution in [0.25, 0.3) is 0 Å². The van der Waals surface area contributed by atoms with Gasteiger partial charge in [-0.15, -0.1) is 0 Å². The first-order valence-corrected chi connectivity index (χ1v) is 6.16. The lowest BCUT2D eigenvalue weighted by molar-refractivity contribution is -0.126. The fourth-order valence-electron chi connectivity index (χ4n) is 3.23. The molecule has 1 N–H and O–H groups in total. The van der Waals surface area contributed by atoms with Crippen molar-refractivity contribution in [2.45, 2.75) is 24.7 Å². The van der Waals surface area contributed by atoms with Gasteiger partial charge >= 0.3 is 0 Å². The minimum atomic E-state index is 0.146. The van der Waals surface area contributed by atoms with Crippen molar-refractivity contribution in [3.8, 4) is 5.75 Å². The van der Waals surface area contributed by atoms with E-state index >= 15 is 0 Å². The molecule has 0 aromatic heterocycles. The van der Waals surface area contributed by atoms with E-state index in [2.05, 4.69) is 17.4 Å². The second-order valence-electron chi connectivity index (χ2n) is 5.17. The van der Waals surface area contributed by atoms with Crippen molar-refractivity contribution in [1.82, 2.24) is 5.32 Å². The Morgan fingerprint density at radius 2 is 2.35 bits per heavy atom. The third kappa shape index (κ3) is 1.61. The Balaban J connectivity index is 1.95. The normalized spacial score (nSPS) is 31.1. The minimum Gasteiger partial charge on any atom is -0.497 e. The van der Waals surface area contributed by atoms with Gasteiger partial charge in [0.15, 0.2) is 0 Å². The van der Waals surface area contributed by atoms with E-state index in [-0.39, 0.29) is 17.2 Å². The molecule has 1 aliphatic carbocycles. The highest BCUT2D eigenvalue weighted by atomic mass is 16.5. The van der Waals surface area contributed by atoms with Crippen molar-refractivity contribution in [3.05, 3.63) is 29.8 Å². The maximum absolute atomic E-state index is 11.6. The molecular weight excluding hydrogens is 214 g/mol. The molecule has 17 heavy (non-hydrogen) atoms. The number of piperidine rings is 1. The Hall–Kier alpha value is -1.51. The third-order valence-electron chi connectivity index (χ3n) is 4.26. The predicted octanol–water partition coefficient (Wildman–Crippen LogP) is 1.86. The van der Waals surface area contributed by atoms with Gasteiger partial charge in [-0.3, -0.25) is 4.79 Å². The molecule has 90 valence electrons. The van der Waals surface area contributed by atoms with Crippen molar-refractivity contribution in [3.63, 3.8) is 0 Å². The van der Waals surface area contributed by atoms with E-state index < -0.39 is 0 Å². The smallest absolute Gasteiger partial charge is 0.223 e. The number of carbonyl (C=O) groups excluding carboxylic acids is 1. The van der Waals surface area contributed by atoms with E-state index in [9.17, 15) is 4.79 Å². The molecule has 0 spiro atoms. The van der Waals surface area contributed by atoms with Crippen LogP contribution in [0.3, 0.4) is 0 Å². The van der Waals surface area contributed by atoms with Crippen LogP contribution in [-0.2, 0) is 10.2 Å². The highest BCUT2D eigenvalue weighted by Gasteiger charge is 2.46. The molecule has 1 saturated heterocycles. The maximum Gasteiger partial charge on any atom is 0.223 e. The molecule has 2 unspecified atom stereocenters. The first kappa shape index (κ1) is 10.6. The van der Waals surface area contributed by atoms with Crippen molar-refractivity contribution in [2.75, 3.05) is 13.7 Å². The van der Waals surface area contributed by atoms with Gasteiger partial charge in [0.1, 0.15) is 5.75 Å². The van der Waals surface area contributed by atoms with Crippen LogP contribution in [0.1, 0.15) is 24.8 Å². The van der Waals surface area contributed by atoms with E-state index in [1.165, 1.54) is 5.56 Å². The lowest BCUT2D eigenvalue weighted by Crippen LogP contribution is -2.45. The van der Waals surface area contributed by atoms with Gasteiger partial charge in [-0.05, 0) is 37.0 Å². The summed E-state index contributed by atoms with van der Waals surface area (Å²) >= 11 is 0. The topological polar surface area (TPSA) is 38.3 Å². The highest BCUT2D eigenvalue weighted by molar-refractivity contribution is 5.80.